The van der Waals surface area contributed by atoms with Crippen molar-refractivity contribution in [1.29, 1.82) is 0 Å². The van der Waals surface area contributed by atoms with Crippen LogP contribution in [0.15, 0.2) is 12.1 Å². The van der Waals surface area contributed by atoms with Gasteiger partial charge < -0.3 is 0 Å². The lowest BCUT2D eigenvalue weighted by Crippen LogP contribution is -2.29. The van der Waals surface area contributed by atoms with Gasteiger partial charge in [-0.25, -0.2) is 4.39 Å². The van der Waals surface area contributed by atoms with Crippen molar-refractivity contribution in [2.45, 2.75) is 46.1 Å². The van der Waals surface area contributed by atoms with Gasteiger partial charge in [-0.2, -0.15) is 0 Å². The Bertz CT molecular complexity index is 327. The van der Waals surface area contributed by atoms with Gasteiger partial charge in [0, 0.05) is 11.6 Å². The largest absolute Gasteiger partial charge is 0.271 e. The summed E-state index contributed by atoms with van der Waals surface area (Å²) in [4.78, 5) is 0. The van der Waals surface area contributed by atoms with E-state index in [0.717, 1.165) is 30.4 Å². The van der Waals surface area contributed by atoms with Crippen molar-refractivity contribution >= 4 is 0 Å². The number of benzene rings is 1. The molecule has 2 nitrogen and oxygen atoms in total. The Labute approximate surface area is 97.0 Å². The second-order valence-electron chi connectivity index (χ2n) is 4.34. The molecule has 0 saturated carbocycles. The zero-order chi connectivity index (χ0) is 12.1. The molecule has 0 radical (unpaired) electrons. The first-order valence-electron chi connectivity index (χ1n) is 5.83. The number of hydrazine groups is 1. The molecule has 3 heteroatoms. The van der Waals surface area contributed by atoms with E-state index in [0.29, 0.717) is 5.56 Å². The van der Waals surface area contributed by atoms with Gasteiger partial charge in [-0.3, -0.25) is 11.3 Å². The second-order valence-corrected chi connectivity index (χ2v) is 4.34. The maximum atomic E-state index is 13.9. The molecule has 0 bridgehead atoms. The molecule has 1 unspecified atom stereocenters. The standard InChI is InChI=1S/C13H21FN2/c1-4-5-6-12(16-15)13-10(3)7-9(2)8-11(13)14/h7-8,12,16H,4-6,15H2,1-3H3. The minimum atomic E-state index is -0.156. The highest BCUT2D eigenvalue weighted by Gasteiger charge is 2.16. The molecule has 1 aromatic rings. The van der Waals surface area contributed by atoms with E-state index < -0.39 is 0 Å². The van der Waals surface area contributed by atoms with Gasteiger partial charge in [0.05, 0.1) is 0 Å². The molecule has 0 aliphatic rings. The summed E-state index contributed by atoms with van der Waals surface area (Å²) >= 11 is 0. The molecular weight excluding hydrogens is 203 g/mol. The molecule has 90 valence electrons. The third-order valence-electron chi connectivity index (χ3n) is 2.88. The zero-order valence-electron chi connectivity index (χ0n) is 10.3. The molecule has 16 heavy (non-hydrogen) atoms. The van der Waals surface area contributed by atoms with Gasteiger partial charge >= 0.3 is 0 Å². The summed E-state index contributed by atoms with van der Waals surface area (Å²) in [5, 5.41) is 0. The fraction of sp³-hybridized carbons (Fsp3) is 0.538. The van der Waals surface area contributed by atoms with Gasteiger partial charge in [-0.1, -0.05) is 25.8 Å². The molecule has 0 saturated heterocycles. The monoisotopic (exact) mass is 224 g/mol. The number of unbranched alkanes of at least 4 members (excludes halogenated alkanes) is 1. The van der Waals surface area contributed by atoms with Gasteiger partial charge in [0.25, 0.3) is 0 Å². The lowest BCUT2D eigenvalue weighted by atomic mass is 9.95. The predicted octanol–water partition coefficient (Wildman–Crippen LogP) is 3.14. The number of rotatable bonds is 5. The van der Waals surface area contributed by atoms with Crippen molar-refractivity contribution < 1.29 is 4.39 Å². The molecule has 0 aliphatic carbocycles. The number of hydrogen-bond donors (Lipinski definition) is 2. The van der Waals surface area contributed by atoms with E-state index in [9.17, 15) is 4.39 Å². The Morgan fingerprint density at radius 1 is 1.38 bits per heavy atom. The summed E-state index contributed by atoms with van der Waals surface area (Å²) in [6.45, 7) is 5.95. The van der Waals surface area contributed by atoms with E-state index in [1.165, 1.54) is 0 Å². The Hall–Kier alpha value is -0.930. The van der Waals surface area contributed by atoms with Crippen LogP contribution in [0.1, 0.15) is 48.9 Å². The minimum Gasteiger partial charge on any atom is -0.271 e. The lowest BCUT2D eigenvalue weighted by Gasteiger charge is -2.19. The Balaban J connectivity index is 2.99. The van der Waals surface area contributed by atoms with Crippen LogP contribution in [-0.4, -0.2) is 0 Å². The average molecular weight is 224 g/mol. The normalized spacial score (nSPS) is 12.8. The molecule has 0 aromatic heterocycles. The molecule has 1 aromatic carbocycles. The van der Waals surface area contributed by atoms with Crippen LogP contribution in [0.25, 0.3) is 0 Å². The summed E-state index contributed by atoms with van der Waals surface area (Å²) in [7, 11) is 0. The Kier molecular flexibility index (Phi) is 4.90. The maximum absolute atomic E-state index is 13.9. The van der Waals surface area contributed by atoms with Crippen LogP contribution < -0.4 is 11.3 Å². The van der Waals surface area contributed by atoms with E-state index in [4.69, 9.17) is 5.84 Å². The summed E-state index contributed by atoms with van der Waals surface area (Å²) in [6.07, 6.45) is 3.00. The van der Waals surface area contributed by atoms with E-state index >= 15 is 0 Å². The van der Waals surface area contributed by atoms with Gasteiger partial charge in [-0.05, 0) is 37.5 Å². The third kappa shape index (κ3) is 3.03. The highest BCUT2D eigenvalue weighted by Crippen LogP contribution is 2.26. The van der Waals surface area contributed by atoms with Crippen molar-refractivity contribution in [3.05, 3.63) is 34.6 Å². The van der Waals surface area contributed by atoms with Gasteiger partial charge in [0.15, 0.2) is 0 Å². The van der Waals surface area contributed by atoms with Crippen molar-refractivity contribution in [1.82, 2.24) is 5.43 Å². The van der Waals surface area contributed by atoms with Gasteiger partial charge in [-0.15, -0.1) is 0 Å². The van der Waals surface area contributed by atoms with E-state index in [1.54, 1.807) is 6.07 Å². The Morgan fingerprint density at radius 3 is 2.56 bits per heavy atom. The van der Waals surface area contributed by atoms with Crippen LogP contribution >= 0.6 is 0 Å². The first-order valence-corrected chi connectivity index (χ1v) is 5.83. The fourth-order valence-corrected chi connectivity index (χ4v) is 2.09. The smallest absolute Gasteiger partial charge is 0.128 e. The first kappa shape index (κ1) is 13.1. The quantitative estimate of drug-likeness (QED) is 0.595. The highest BCUT2D eigenvalue weighted by molar-refractivity contribution is 5.34. The second kappa shape index (κ2) is 5.97. The number of nitrogens with two attached hydrogens (primary N) is 1. The summed E-state index contributed by atoms with van der Waals surface area (Å²) in [5.41, 5.74) is 5.34. The molecule has 1 atom stereocenters. The molecule has 3 N–H and O–H groups in total. The summed E-state index contributed by atoms with van der Waals surface area (Å²) in [6, 6.07) is 3.48. The Morgan fingerprint density at radius 2 is 2.06 bits per heavy atom. The molecule has 0 amide bonds. The topological polar surface area (TPSA) is 38.0 Å². The van der Waals surface area contributed by atoms with Crippen LogP contribution in [0.3, 0.4) is 0 Å². The molecule has 0 heterocycles. The van der Waals surface area contributed by atoms with Crippen LogP contribution in [0.4, 0.5) is 4.39 Å². The molecule has 1 rings (SSSR count). The number of aryl methyl sites for hydroxylation is 2. The summed E-state index contributed by atoms with van der Waals surface area (Å²) in [5.74, 6) is 5.35. The first-order chi connectivity index (χ1) is 7.60. The molecule has 0 aliphatic heterocycles. The predicted molar refractivity (Wildman–Crippen MR) is 65.5 cm³/mol. The zero-order valence-corrected chi connectivity index (χ0v) is 10.3. The number of nitrogens with one attached hydrogen (secondary N) is 1. The maximum Gasteiger partial charge on any atom is 0.128 e. The SMILES string of the molecule is CCCCC(NN)c1c(C)cc(C)cc1F. The average Bonchev–Trinajstić information content (AvgIpc) is 2.21. The van der Waals surface area contributed by atoms with E-state index in [2.05, 4.69) is 12.3 Å². The minimum absolute atomic E-state index is 0.0828. The van der Waals surface area contributed by atoms with Crippen molar-refractivity contribution in [2.75, 3.05) is 0 Å². The lowest BCUT2D eigenvalue weighted by molar-refractivity contribution is 0.467. The van der Waals surface area contributed by atoms with E-state index in [1.807, 2.05) is 19.9 Å². The molecular formula is C13H21FN2. The van der Waals surface area contributed by atoms with Crippen LogP contribution in [0.5, 0.6) is 0 Å². The van der Waals surface area contributed by atoms with Crippen molar-refractivity contribution in [3.63, 3.8) is 0 Å². The molecule has 0 spiro atoms. The van der Waals surface area contributed by atoms with Crippen molar-refractivity contribution in [3.8, 4) is 0 Å². The van der Waals surface area contributed by atoms with Gasteiger partial charge in [0.2, 0.25) is 0 Å². The highest BCUT2D eigenvalue weighted by atomic mass is 19.1. The third-order valence-corrected chi connectivity index (χ3v) is 2.88. The molecule has 0 fully saturated rings. The summed E-state index contributed by atoms with van der Waals surface area (Å²) < 4.78 is 13.9. The van der Waals surface area contributed by atoms with Crippen LogP contribution in [-0.2, 0) is 0 Å². The number of hydrogen-bond acceptors (Lipinski definition) is 2. The number of halogens is 1. The fourth-order valence-electron chi connectivity index (χ4n) is 2.09. The van der Waals surface area contributed by atoms with Crippen LogP contribution in [0, 0.1) is 19.7 Å². The van der Waals surface area contributed by atoms with Crippen molar-refractivity contribution in [2.24, 2.45) is 5.84 Å². The van der Waals surface area contributed by atoms with Crippen LogP contribution in [0.2, 0.25) is 0 Å². The van der Waals surface area contributed by atoms with E-state index in [-0.39, 0.29) is 11.9 Å². The van der Waals surface area contributed by atoms with Gasteiger partial charge in [0.1, 0.15) is 5.82 Å².